The van der Waals surface area contributed by atoms with Crippen molar-refractivity contribution in [2.24, 2.45) is 5.10 Å². The number of hydrogen-bond acceptors (Lipinski definition) is 3. The number of benzene rings is 1. The van der Waals surface area contributed by atoms with Gasteiger partial charge in [-0.25, -0.2) is 5.43 Å². The van der Waals surface area contributed by atoms with E-state index in [1.807, 2.05) is 61.1 Å². The van der Waals surface area contributed by atoms with E-state index in [2.05, 4.69) is 10.5 Å². The van der Waals surface area contributed by atoms with E-state index in [0.717, 1.165) is 5.56 Å². The smallest absolute Gasteiger partial charge is 0.305 e. The molecule has 21 heavy (non-hydrogen) atoms. The van der Waals surface area contributed by atoms with Crippen LogP contribution in [0.15, 0.2) is 64.9 Å². The summed E-state index contributed by atoms with van der Waals surface area (Å²) >= 11 is 1.69. The molecule has 2 rings (SSSR count). The maximum absolute atomic E-state index is 11.7. The zero-order valence-corrected chi connectivity index (χ0v) is 13.1. The number of thioether (sulfide) groups is 1. The first-order valence-electron chi connectivity index (χ1n) is 6.18. The van der Waals surface area contributed by atoms with Gasteiger partial charge >= 0.3 is 5.91 Å². The van der Waals surface area contributed by atoms with Crippen LogP contribution in [0.4, 0.5) is 0 Å². The van der Waals surface area contributed by atoms with Crippen molar-refractivity contribution in [3.63, 3.8) is 0 Å². The van der Waals surface area contributed by atoms with Gasteiger partial charge in [0.2, 0.25) is 6.54 Å². The van der Waals surface area contributed by atoms with E-state index in [0.29, 0.717) is 0 Å². The summed E-state index contributed by atoms with van der Waals surface area (Å²) in [7, 11) is 0. The van der Waals surface area contributed by atoms with Gasteiger partial charge in [0.15, 0.2) is 12.4 Å². The van der Waals surface area contributed by atoms with Gasteiger partial charge in [-0.05, 0) is 24.0 Å². The summed E-state index contributed by atoms with van der Waals surface area (Å²) < 4.78 is 1.79. The van der Waals surface area contributed by atoms with E-state index in [9.17, 15) is 4.79 Å². The molecule has 110 valence electrons. The largest absolute Gasteiger partial charge is 1.00 e. The van der Waals surface area contributed by atoms with Crippen LogP contribution >= 0.6 is 11.8 Å². The molecule has 0 spiro atoms. The van der Waals surface area contributed by atoms with Gasteiger partial charge < -0.3 is 12.4 Å². The summed E-state index contributed by atoms with van der Waals surface area (Å²) in [5, 5.41) is 3.95. The lowest BCUT2D eigenvalue weighted by atomic mass is 10.2. The maximum atomic E-state index is 11.7. The predicted octanol–water partition coefficient (Wildman–Crippen LogP) is -1.15. The fourth-order valence-corrected chi connectivity index (χ4v) is 2.02. The Kier molecular flexibility index (Phi) is 7.50. The number of pyridine rings is 1. The molecule has 1 N–H and O–H groups in total. The Morgan fingerprint density at radius 3 is 2.52 bits per heavy atom. The maximum Gasteiger partial charge on any atom is 0.305 e. The molecule has 0 fully saturated rings. The molecular formula is C15H16ClN3OS. The number of hydrogen-bond donors (Lipinski definition) is 1. The van der Waals surface area contributed by atoms with Crippen LogP contribution in [0, 0.1) is 0 Å². The number of hydrazone groups is 1. The first-order valence-corrected chi connectivity index (χ1v) is 7.40. The van der Waals surface area contributed by atoms with Gasteiger partial charge in [0.05, 0.1) is 6.21 Å². The molecule has 1 heterocycles. The number of halogens is 1. The highest BCUT2D eigenvalue weighted by Gasteiger charge is 2.06. The van der Waals surface area contributed by atoms with Crippen molar-refractivity contribution in [2.45, 2.75) is 11.4 Å². The number of nitrogens with zero attached hydrogens (tertiary/aromatic N) is 2. The lowest BCUT2D eigenvalue weighted by Gasteiger charge is -1.98. The highest BCUT2D eigenvalue weighted by Crippen LogP contribution is 2.13. The van der Waals surface area contributed by atoms with Crippen LogP contribution in [0.5, 0.6) is 0 Å². The molecule has 0 radical (unpaired) electrons. The number of carbonyl (C=O) groups excluding carboxylic acids is 1. The van der Waals surface area contributed by atoms with Crippen LogP contribution in [0.3, 0.4) is 0 Å². The lowest BCUT2D eigenvalue weighted by molar-refractivity contribution is -0.684. The van der Waals surface area contributed by atoms with Gasteiger partial charge in [-0.1, -0.05) is 18.2 Å². The molecule has 0 atom stereocenters. The van der Waals surface area contributed by atoms with Crippen LogP contribution < -0.4 is 22.4 Å². The minimum Gasteiger partial charge on any atom is -1.00 e. The molecule has 0 bridgehead atoms. The quantitative estimate of drug-likeness (QED) is 0.327. The molecule has 0 saturated carbocycles. The Labute approximate surface area is 134 Å². The first-order chi connectivity index (χ1) is 9.78. The summed E-state index contributed by atoms with van der Waals surface area (Å²) in [6.07, 6.45) is 7.34. The van der Waals surface area contributed by atoms with Crippen molar-refractivity contribution in [1.82, 2.24) is 5.43 Å². The molecular weight excluding hydrogens is 306 g/mol. The second kappa shape index (κ2) is 9.15. The van der Waals surface area contributed by atoms with Gasteiger partial charge in [-0.15, -0.1) is 11.8 Å². The Bertz CT molecular complexity index is 588. The number of amides is 1. The van der Waals surface area contributed by atoms with Crippen LogP contribution in [-0.2, 0) is 11.3 Å². The summed E-state index contributed by atoms with van der Waals surface area (Å²) in [5.41, 5.74) is 3.47. The summed E-state index contributed by atoms with van der Waals surface area (Å²) in [5.74, 6) is -0.154. The summed E-state index contributed by atoms with van der Waals surface area (Å²) in [6.45, 7) is 0.254. The third-order valence-corrected chi connectivity index (χ3v) is 3.37. The van der Waals surface area contributed by atoms with Gasteiger partial charge in [-0.3, -0.25) is 4.79 Å². The van der Waals surface area contributed by atoms with Crippen molar-refractivity contribution >= 4 is 23.9 Å². The van der Waals surface area contributed by atoms with Crippen LogP contribution in [-0.4, -0.2) is 18.4 Å². The van der Waals surface area contributed by atoms with Crippen molar-refractivity contribution in [2.75, 3.05) is 6.26 Å². The van der Waals surface area contributed by atoms with E-state index in [1.54, 1.807) is 22.5 Å². The highest BCUT2D eigenvalue weighted by atomic mass is 35.5. The highest BCUT2D eigenvalue weighted by molar-refractivity contribution is 7.98. The van der Waals surface area contributed by atoms with Crippen molar-refractivity contribution in [3.8, 4) is 0 Å². The van der Waals surface area contributed by atoms with Crippen molar-refractivity contribution in [1.29, 1.82) is 0 Å². The average Bonchev–Trinajstić information content (AvgIpc) is 2.49. The Morgan fingerprint density at radius 1 is 1.24 bits per heavy atom. The third kappa shape index (κ3) is 5.97. The predicted molar refractivity (Wildman–Crippen MR) is 80.6 cm³/mol. The van der Waals surface area contributed by atoms with Gasteiger partial charge in [-0.2, -0.15) is 9.67 Å². The molecule has 0 saturated heterocycles. The molecule has 4 nitrogen and oxygen atoms in total. The number of carbonyl (C=O) groups is 1. The standard InChI is InChI=1S/C15H15N3OS.ClH/c1-20-14-7-5-13(6-8-14)11-16-17-15(19)12-18-9-3-2-4-10-18;/h2-11H,12H2,1H3;1H/b16-11+;. The zero-order chi connectivity index (χ0) is 14.2. The number of nitrogens with one attached hydrogen (secondary N) is 1. The molecule has 0 aliphatic heterocycles. The molecule has 6 heteroatoms. The molecule has 0 aliphatic rings. The van der Waals surface area contributed by atoms with Crippen molar-refractivity contribution in [3.05, 3.63) is 60.4 Å². The third-order valence-electron chi connectivity index (χ3n) is 2.62. The van der Waals surface area contributed by atoms with Crippen LogP contribution in [0.25, 0.3) is 0 Å². The fourth-order valence-electron chi connectivity index (χ4n) is 1.61. The molecule has 2 aromatic rings. The minimum absolute atomic E-state index is 0. The molecule has 1 aromatic heterocycles. The lowest BCUT2D eigenvalue weighted by Crippen LogP contribution is -3.00. The monoisotopic (exact) mass is 321 g/mol. The van der Waals surface area contributed by atoms with E-state index in [4.69, 9.17) is 0 Å². The topological polar surface area (TPSA) is 45.3 Å². The van der Waals surface area contributed by atoms with Gasteiger partial charge in [0.25, 0.3) is 0 Å². The second-order valence-electron chi connectivity index (χ2n) is 4.11. The molecule has 0 aliphatic carbocycles. The van der Waals surface area contributed by atoms with Crippen LogP contribution in [0.2, 0.25) is 0 Å². The van der Waals surface area contributed by atoms with Crippen molar-refractivity contribution < 1.29 is 21.8 Å². The molecule has 1 aromatic carbocycles. The first kappa shape index (κ1) is 17.2. The van der Waals surface area contributed by atoms with Gasteiger partial charge in [0, 0.05) is 17.0 Å². The fraction of sp³-hybridized carbons (Fsp3) is 0.133. The molecule has 1 amide bonds. The van der Waals surface area contributed by atoms with Gasteiger partial charge in [0.1, 0.15) is 0 Å². The Hall–Kier alpha value is -1.85. The van der Waals surface area contributed by atoms with E-state index in [1.165, 1.54) is 4.90 Å². The minimum atomic E-state index is -0.154. The Balaban J connectivity index is 0.00000220. The van der Waals surface area contributed by atoms with E-state index in [-0.39, 0.29) is 24.9 Å². The molecule has 0 unspecified atom stereocenters. The SMILES string of the molecule is CSc1ccc(/C=N/NC(=O)C[n+]2ccccc2)cc1.[Cl-]. The summed E-state index contributed by atoms with van der Waals surface area (Å²) in [4.78, 5) is 12.9. The van der Waals surface area contributed by atoms with Crippen LogP contribution in [0.1, 0.15) is 5.56 Å². The van der Waals surface area contributed by atoms with E-state index >= 15 is 0 Å². The number of aromatic nitrogens is 1. The summed E-state index contributed by atoms with van der Waals surface area (Å²) in [6, 6.07) is 13.6. The zero-order valence-electron chi connectivity index (χ0n) is 11.6. The second-order valence-corrected chi connectivity index (χ2v) is 4.99. The normalized spacial score (nSPS) is 10.1. The number of rotatable bonds is 5. The average molecular weight is 322 g/mol. The van der Waals surface area contributed by atoms with E-state index < -0.39 is 0 Å². The Morgan fingerprint density at radius 2 is 1.90 bits per heavy atom.